The molecule has 0 aromatic heterocycles. The van der Waals surface area contributed by atoms with Gasteiger partial charge in [-0.25, -0.2) is 0 Å². The first-order valence-electron chi connectivity index (χ1n) is 7.47. The zero-order valence-electron chi connectivity index (χ0n) is 11.9. The summed E-state index contributed by atoms with van der Waals surface area (Å²) in [5, 5.41) is 3.27. The van der Waals surface area contributed by atoms with E-state index in [9.17, 15) is 4.79 Å². The molecule has 2 nitrogen and oxygen atoms in total. The number of hydrogen-bond donors (Lipinski definition) is 1. The minimum atomic E-state index is 0.200. The highest BCUT2D eigenvalue weighted by Gasteiger charge is 2.39. The number of carbonyl (C=O) groups is 1. The van der Waals surface area contributed by atoms with Gasteiger partial charge in [0.05, 0.1) is 6.42 Å². The van der Waals surface area contributed by atoms with Gasteiger partial charge in [-0.05, 0) is 56.1 Å². The molecule has 2 saturated carbocycles. The number of rotatable bonds is 3. The van der Waals surface area contributed by atoms with Crippen LogP contribution in [0.25, 0.3) is 0 Å². The molecular formula is C17H23NO. The molecule has 0 saturated heterocycles. The molecule has 1 aromatic rings. The lowest BCUT2D eigenvalue weighted by Gasteiger charge is -2.23. The molecule has 1 N–H and O–H groups in total. The van der Waals surface area contributed by atoms with E-state index in [1.165, 1.54) is 42.4 Å². The molecular weight excluding hydrogens is 234 g/mol. The minimum absolute atomic E-state index is 0.200. The highest BCUT2D eigenvalue weighted by atomic mass is 16.1. The van der Waals surface area contributed by atoms with Gasteiger partial charge in [0.1, 0.15) is 0 Å². The van der Waals surface area contributed by atoms with Crippen molar-refractivity contribution in [3.05, 3.63) is 34.9 Å². The summed E-state index contributed by atoms with van der Waals surface area (Å²) >= 11 is 0. The van der Waals surface area contributed by atoms with Gasteiger partial charge in [0.25, 0.3) is 0 Å². The van der Waals surface area contributed by atoms with Gasteiger partial charge in [-0.3, -0.25) is 4.79 Å². The number of fused-ring (bicyclic) bond motifs is 2. The lowest BCUT2D eigenvalue weighted by Crippen LogP contribution is -2.39. The van der Waals surface area contributed by atoms with Gasteiger partial charge in [-0.15, -0.1) is 0 Å². The average molecular weight is 257 g/mol. The third-order valence-corrected chi connectivity index (χ3v) is 4.94. The standard InChI is InChI=1S/C17H23NO/c1-11-3-4-12(2)15(7-11)10-17(19)18-16-9-13-5-6-14(16)8-13/h3-4,7,13-14,16H,5-6,8-10H2,1-2H3,(H,18,19)/t13-,14-,16-/m0/s1. The first kappa shape index (κ1) is 12.7. The van der Waals surface area contributed by atoms with Crippen molar-refractivity contribution in [3.63, 3.8) is 0 Å². The van der Waals surface area contributed by atoms with Gasteiger partial charge in [0, 0.05) is 6.04 Å². The summed E-state index contributed by atoms with van der Waals surface area (Å²) in [6.45, 7) is 4.16. The van der Waals surface area contributed by atoms with Crippen molar-refractivity contribution in [2.24, 2.45) is 11.8 Å². The lowest BCUT2D eigenvalue weighted by atomic mass is 9.95. The van der Waals surface area contributed by atoms with E-state index in [1.54, 1.807) is 0 Å². The number of benzene rings is 1. The third-order valence-electron chi connectivity index (χ3n) is 4.94. The van der Waals surface area contributed by atoms with Crippen molar-refractivity contribution in [2.75, 3.05) is 0 Å². The molecule has 102 valence electrons. The van der Waals surface area contributed by atoms with Crippen molar-refractivity contribution in [2.45, 2.75) is 52.0 Å². The van der Waals surface area contributed by atoms with E-state index in [0.717, 1.165) is 11.8 Å². The summed E-state index contributed by atoms with van der Waals surface area (Å²) in [6.07, 6.45) is 5.78. The predicted molar refractivity (Wildman–Crippen MR) is 77.0 cm³/mol. The first-order valence-corrected chi connectivity index (χ1v) is 7.47. The molecule has 2 aliphatic carbocycles. The Kier molecular flexibility index (Phi) is 3.34. The van der Waals surface area contributed by atoms with E-state index < -0.39 is 0 Å². The smallest absolute Gasteiger partial charge is 0.224 e. The van der Waals surface area contributed by atoms with Gasteiger partial charge in [0.2, 0.25) is 5.91 Å². The van der Waals surface area contributed by atoms with Crippen molar-refractivity contribution < 1.29 is 4.79 Å². The molecule has 2 heteroatoms. The van der Waals surface area contributed by atoms with E-state index in [0.29, 0.717) is 12.5 Å². The van der Waals surface area contributed by atoms with Crippen LogP contribution in [0, 0.1) is 25.7 Å². The Morgan fingerprint density at radius 3 is 2.79 bits per heavy atom. The predicted octanol–water partition coefficient (Wildman–Crippen LogP) is 3.15. The number of carbonyl (C=O) groups excluding carboxylic acids is 1. The SMILES string of the molecule is Cc1ccc(C)c(CC(=O)N[C@H]2C[C@H]3CC[C@H]2C3)c1. The van der Waals surface area contributed by atoms with E-state index >= 15 is 0 Å². The van der Waals surface area contributed by atoms with Gasteiger partial charge in [-0.1, -0.05) is 30.2 Å². The monoisotopic (exact) mass is 257 g/mol. The molecule has 2 aliphatic rings. The summed E-state index contributed by atoms with van der Waals surface area (Å²) in [6, 6.07) is 6.80. The van der Waals surface area contributed by atoms with Crippen LogP contribution in [-0.2, 0) is 11.2 Å². The molecule has 0 aliphatic heterocycles. The summed E-state index contributed by atoms with van der Waals surface area (Å²) in [4.78, 5) is 12.2. The van der Waals surface area contributed by atoms with Crippen LogP contribution < -0.4 is 5.32 Å². The normalized spacial score (nSPS) is 28.6. The summed E-state index contributed by atoms with van der Waals surface area (Å²) in [5.74, 6) is 1.84. The molecule has 2 bridgehead atoms. The fourth-order valence-corrected chi connectivity index (χ4v) is 3.84. The second-order valence-electron chi connectivity index (χ2n) is 6.46. The fraction of sp³-hybridized carbons (Fsp3) is 0.588. The highest BCUT2D eigenvalue weighted by Crippen LogP contribution is 2.44. The van der Waals surface area contributed by atoms with Crippen LogP contribution in [0.5, 0.6) is 0 Å². The van der Waals surface area contributed by atoms with Crippen LogP contribution in [-0.4, -0.2) is 11.9 Å². The van der Waals surface area contributed by atoms with Gasteiger partial charge >= 0.3 is 0 Å². The molecule has 3 rings (SSSR count). The Labute approximate surface area is 115 Å². The Hall–Kier alpha value is -1.31. The van der Waals surface area contributed by atoms with E-state index in [-0.39, 0.29) is 5.91 Å². The number of amides is 1. The fourth-order valence-electron chi connectivity index (χ4n) is 3.84. The second-order valence-corrected chi connectivity index (χ2v) is 6.46. The van der Waals surface area contributed by atoms with Crippen LogP contribution in [0.4, 0.5) is 0 Å². The van der Waals surface area contributed by atoms with Crippen LogP contribution in [0.2, 0.25) is 0 Å². The van der Waals surface area contributed by atoms with Crippen molar-refractivity contribution >= 4 is 5.91 Å². The number of hydrogen-bond acceptors (Lipinski definition) is 1. The van der Waals surface area contributed by atoms with Crippen LogP contribution in [0.15, 0.2) is 18.2 Å². The van der Waals surface area contributed by atoms with Crippen LogP contribution in [0.3, 0.4) is 0 Å². The first-order chi connectivity index (χ1) is 9.11. The Bertz CT molecular complexity index is 494. The van der Waals surface area contributed by atoms with Crippen molar-refractivity contribution in [1.29, 1.82) is 0 Å². The van der Waals surface area contributed by atoms with Crippen molar-refractivity contribution in [1.82, 2.24) is 5.32 Å². The van der Waals surface area contributed by atoms with Gasteiger partial charge in [0.15, 0.2) is 0 Å². The maximum atomic E-state index is 12.2. The molecule has 0 unspecified atom stereocenters. The summed E-state index contributed by atoms with van der Waals surface area (Å²) < 4.78 is 0. The molecule has 1 amide bonds. The zero-order chi connectivity index (χ0) is 13.4. The van der Waals surface area contributed by atoms with Gasteiger partial charge < -0.3 is 5.32 Å². The Morgan fingerprint density at radius 2 is 2.11 bits per heavy atom. The quantitative estimate of drug-likeness (QED) is 0.885. The number of aryl methyl sites for hydroxylation is 2. The maximum absolute atomic E-state index is 12.2. The topological polar surface area (TPSA) is 29.1 Å². The van der Waals surface area contributed by atoms with Crippen molar-refractivity contribution in [3.8, 4) is 0 Å². The molecule has 19 heavy (non-hydrogen) atoms. The maximum Gasteiger partial charge on any atom is 0.224 e. The van der Waals surface area contributed by atoms with E-state index in [1.807, 2.05) is 0 Å². The molecule has 0 radical (unpaired) electrons. The second kappa shape index (κ2) is 4.99. The lowest BCUT2D eigenvalue weighted by molar-refractivity contribution is -0.121. The van der Waals surface area contributed by atoms with Crippen LogP contribution >= 0.6 is 0 Å². The third kappa shape index (κ3) is 2.68. The molecule has 0 heterocycles. The van der Waals surface area contributed by atoms with E-state index in [4.69, 9.17) is 0 Å². The summed E-state index contributed by atoms with van der Waals surface area (Å²) in [5.41, 5.74) is 3.61. The molecule has 0 spiro atoms. The highest BCUT2D eigenvalue weighted by molar-refractivity contribution is 5.79. The molecule has 3 atom stereocenters. The number of nitrogens with one attached hydrogen (secondary N) is 1. The van der Waals surface area contributed by atoms with Gasteiger partial charge in [-0.2, -0.15) is 0 Å². The minimum Gasteiger partial charge on any atom is -0.353 e. The zero-order valence-corrected chi connectivity index (χ0v) is 11.9. The van der Waals surface area contributed by atoms with E-state index in [2.05, 4.69) is 37.4 Å². The average Bonchev–Trinajstić information content (AvgIpc) is 2.96. The molecule has 1 aromatic carbocycles. The Morgan fingerprint density at radius 1 is 1.26 bits per heavy atom. The summed E-state index contributed by atoms with van der Waals surface area (Å²) in [7, 11) is 0. The van der Waals surface area contributed by atoms with Crippen LogP contribution in [0.1, 0.15) is 42.4 Å². The largest absolute Gasteiger partial charge is 0.353 e. The Balaban J connectivity index is 1.61. The molecule has 2 fully saturated rings.